The van der Waals surface area contributed by atoms with Crippen molar-refractivity contribution in [3.8, 4) is 0 Å². The molecule has 0 amide bonds. The Morgan fingerprint density at radius 3 is 3.00 bits per heavy atom. The lowest BCUT2D eigenvalue weighted by atomic mass is 10.1. The van der Waals surface area contributed by atoms with E-state index in [-0.39, 0.29) is 6.10 Å². The van der Waals surface area contributed by atoms with Crippen molar-refractivity contribution in [3.05, 3.63) is 34.9 Å². The first-order valence-electron chi connectivity index (χ1n) is 4.86. The average molecular weight is 212 g/mol. The summed E-state index contributed by atoms with van der Waals surface area (Å²) in [6.45, 7) is 3.74. The summed E-state index contributed by atoms with van der Waals surface area (Å²) in [5.41, 5.74) is 1.15. The number of ether oxygens (including phenoxy) is 1. The lowest BCUT2D eigenvalue weighted by Gasteiger charge is -2.28. The van der Waals surface area contributed by atoms with Gasteiger partial charge in [-0.25, -0.2) is 0 Å². The van der Waals surface area contributed by atoms with Crippen LogP contribution in [0.25, 0.3) is 0 Å². The fourth-order valence-corrected chi connectivity index (χ4v) is 1.81. The summed E-state index contributed by atoms with van der Waals surface area (Å²) in [6, 6.07) is 8.30. The molecule has 2 atom stereocenters. The lowest BCUT2D eigenvalue weighted by molar-refractivity contribution is 0.00696. The summed E-state index contributed by atoms with van der Waals surface area (Å²) in [5, 5.41) is 4.15. The molecule has 1 heterocycles. The molecule has 0 bridgehead atoms. The molecule has 0 aliphatic carbocycles. The largest absolute Gasteiger partial charge is 0.371 e. The van der Waals surface area contributed by atoms with Crippen LogP contribution in [0.2, 0.25) is 5.02 Å². The fraction of sp³-hybridized carbons (Fsp3) is 0.455. The second-order valence-electron chi connectivity index (χ2n) is 3.69. The Balaban J connectivity index is 2.08. The number of hydrogen-bond acceptors (Lipinski definition) is 2. The topological polar surface area (TPSA) is 21.3 Å². The number of nitrogens with one attached hydrogen (secondary N) is 1. The summed E-state index contributed by atoms with van der Waals surface area (Å²) < 4.78 is 5.71. The summed E-state index contributed by atoms with van der Waals surface area (Å²) >= 11 is 5.92. The van der Waals surface area contributed by atoms with Crippen LogP contribution in [-0.4, -0.2) is 19.2 Å². The minimum atomic E-state index is 0.143. The molecule has 1 saturated heterocycles. The Labute approximate surface area is 89.2 Å². The zero-order chi connectivity index (χ0) is 9.97. The predicted molar refractivity (Wildman–Crippen MR) is 57.6 cm³/mol. The second kappa shape index (κ2) is 4.30. The smallest absolute Gasteiger partial charge is 0.0950 e. The van der Waals surface area contributed by atoms with Gasteiger partial charge in [0.25, 0.3) is 0 Å². The maximum absolute atomic E-state index is 5.92. The molecule has 0 aromatic heterocycles. The van der Waals surface area contributed by atoms with Crippen LogP contribution in [0.3, 0.4) is 0 Å². The van der Waals surface area contributed by atoms with E-state index < -0.39 is 0 Å². The van der Waals surface area contributed by atoms with Gasteiger partial charge in [-0.3, -0.25) is 0 Å². The molecule has 3 heteroatoms. The first kappa shape index (κ1) is 9.97. The zero-order valence-corrected chi connectivity index (χ0v) is 8.92. The molecule has 0 unspecified atom stereocenters. The first-order chi connectivity index (χ1) is 6.75. The summed E-state index contributed by atoms with van der Waals surface area (Å²) in [7, 11) is 0. The second-order valence-corrected chi connectivity index (χ2v) is 4.12. The van der Waals surface area contributed by atoms with Gasteiger partial charge in [0.1, 0.15) is 0 Å². The molecule has 2 nitrogen and oxygen atoms in total. The molecule has 0 spiro atoms. The zero-order valence-electron chi connectivity index (χ0n) is 8.16. The molecular weight excluding hydrogens is 198 g/mol. The van der Waals surface area contributed by atoms with Crippen molar-refractivity contribution >= 4 is 11.6 Å². The van der Waals surface area contributed by atoms with Gasteiger partial charge >= 0.3 is 0 Å². The van der Waals surface area contributed by atoms with E-state index in [0.717, 1.165) is 23.7 Å². The summed E-state index contributed by atoms with van der Waals surface area (Å²) in [6.07, 6.45) is 0.143. The molecule has 1 fully saturated rings. The third-order valence-corrected chi connectivity index (χ3v) is 2.65. The van der Waals surface area contributed by atoms with E-state index in [4.69, 9.17) is 16.3 Å². The van der Waals surface area contributed by atoms with Crippen LogP contribution in [0.4, 0.5) is 0 Å². The van der Waals surface area contributed by atoms with E-state index in [1.807, 2.05) is 24.3 Å². The van der Waals surface area contributed by atoms with Crippen molar-refractivity contribution in [1.82, 2.24) is 5.32 Å². The standard InChI is InChI=1S/C11H14ClNO/c1-8-7-14-11(6-13-8)9-3-2-4-10(12)5-9/h2-5,8,11,13H,6-7H2,1H3/t8-,11+/m1/s1. The molecule has 0 radical (unpaired) electrons. The number of morpholine rings is 1. The van der Waals surface area contributed by atoms with E-state index >= 15 is 0 Å². The quantitative estimate of drug-likeness (QED) is 0.770. The van der Waals surface area contributed by atoms with Crippen LogP contribution in [-0.2, 0) is 4.74 Å². The Hall–Kier alpha value is -0.570. The van der Waals surface area contributed by atoms with Gasteiger partial charge in [-0.05, 0) is 24.6 Å². The van der Waals surface area contributed by atoms with Crippen LogP contribution in [0, 0.1) is 0 Å². The minimum absolute atomic E-state index is 0.143. The highest BCUT2D eigenvalue weighted by molar-refractivity contribution is 6.30. The predicted octanol–water partition coefficient (Wildman–Crippen LogP) is 2.39. The summed E-state index contributed by atoms with van der Waals surface area (Å²) in [4.78, 5) is 0. The Morgan fingerprint density at radius 2 is 2.36 bits per heavy atom. The Kier molecular flexibility index (Phi) is 3.06. The van der Waals surface area contributed by atoms with Crippen molar-refractivity contribution in [2.45, 2.75) is 19.1 Å². The molecule has 1 aromatic rings. The van der Waals surface area contributed by atoms with E-state index in [9.17, 15) is 0 Å². The maximum Gasteiger partial charge on any atom is 0.0950 e. The molecule has 1 N–H and O–H groups in total. The van der Waals surface area contributed by atoms with Gasteiger partial charge in [-0.15, -0.1) is 0 Å². The fourth-order valence-electron chi connectivity index (χ4n) is 1.61. The minimum Gasteiger partial charge on any atom is -0.371 e. The maximum atomic E-state index is 5.92. The highest BCUT2D eigenvalue weighted by atomic mass is 35.5. The van der Waals surface area contributed by atoms with Crippen LogP contribution in [0.1, 0.15) is 18.6 Å². The van der Waals surface area contributed by atoms with Crippen LogP contribution >= 0.6 is 11.6 Å². The van der Waals surface area contributed by atoms with Gasteiger partial charge in [-0.1, -0.05) is 23.7 Å². The van der Waals surface area contributed by atoms with Gasteiger partial charge in [0, 0.05) is 17.6 Å². The van der Waals surface area contributed by atoms with Crippen molar-refractivity contribution in [3.63, 3.8) is 0 Å². The van der Waals surface area contributed by atoms with E-state index in [1.165, 1.54) is 0 Å². The molecule has 1 aliphatic heterocycles. The average Bonchev–Trinajstić information content (AvgIpc) is 2.19. The number of benzene rings is 1. The van der Waals surface area contributed by atoms with Crippen molar-refractivity contribution < 1.29 is 4.74 Å². The summed E-state index contributed by atoms with van der Waals surface area (Å²) in [5.74, 6) is 0. The number of hydrogen-bond donors (Lipinski definition) is 1. The molecule has 0 saturated carbocycles. The first-order valence-corrected chi connectivity index (χ1v) is 5.24. The van der Waals surface area contributed by atoms with Gasteiger partial charge in [-0.2, -0.15) is 0 Å². The van der Waals surface area contributed by atoms with Crippen LogP contribution in [0.5, 0.6) is 0 Å². The third kappa shape index (κ3) is 2.27. The molecule has 2 rings (SSSR count). The van der Waals surface area contributed by atoms with Gasteiger partial charge in [0.05, 0.1) is 12.7 Å². The third-order valence-electron chi connectivity index (χ3n) is 2.42. The van der Waals surface area contributed by atoms with E-state index in [0.29, 0.717) is 6.04 Å². The lowest BCUT2D eigenvalue weighted by Crippen LogP contribution is -2.40. The molecule has 14 heavy (non-hydrogen) atoms. The Bertz CT molecular complexity index is 308. The highest BCUT2D eigenvalue weighted by Gasteiger charge is 2.19. The van der Waals surface area contributed by atoms with Gasteiger partial charge in [0.15, 0.2) is 0 Å². The van der Waals surface area contributed by atoms with Crippen LogP contribution < -0.4 is 5.32 Å². The normalized spacial score (nSPS) is 27.6. The number of halogens is 1. The van der Waals surface area contributed by atoms with Crippen LogP contribution in [0.15, 0.2) is 24.3 Å². The SMILES string of the molecule is C[C@@H]1CO[C@H](c2cccc(Cl)c2)CN1. The van der Waals surface area contributed by atoms with Crippen molar-refractivity contribution in [1.29, 1.82) is 0 Å². The van der Waals surface area contributed by atoms with Crippen molar-refractivity contribution in [2.24, 2.45) is 0 Å². The molecule has 76 valence electrons. The number of rotatable bonds is 1. The van der Waals surface area contributed by atoms with Gasteiger partial charge < -0.3 is 10.1 Å². The molecular formula is C11H14ClNO. The molecule has 1 aromatic carbocycles. The monoisotopic (exact) mass is 211 g/mol. The Morgan fingerprint density at radius 1 is 1.50 bits per heavy atom. The van der Waals surface area contributed by atoms with Crippen molar-refractivity contribution in [2.75, 3.05) is 13.2 Å². The van der Waals surface area contributed by atoms with E-state index in [2.05, 4.69) is 12.2 Å². The van der Waals surface area contributed by atoms with Gasteiger partial charge in [0.2, 0.25) is 0 Å². The highest BCUT2D eigenvalue weighted by Crippen LogP contribution is 2.22. The van der Waals surface area contributed by atoms with E-state index in [1.54, 1.807) is 0 Å². The molecule has 1 aliphatic rings.